The minimum Gasteiger partial charge on any atom is -0.465 e. The van der Waals surface area contributed by atoms with E-state index in [2.05, 4.69) is 4.90 Å². The van der Waals surface area contributed by atoms with Crippen LogP contribution >= 0.6 is 0 Å². The van der Waals surface area contributed by atoms with Crippen molar-refractivity contribution in [1.29, 1.82) is 0 Å². The van der Waals surface area contributed by atoms with E-state index in [0.717, 1.165) is 23.7 Å². The lowest BCUT2D eigenvalue weighted by Gasteiger charge is -2.29. The van der Waals surface area contributed by atoms with Gasteiger partial charge in [-0.1, -0.05) is 6.07 Å². The van der Waals surface area contributed by atoms with Gasteiger partial charge in [0.25, 0.3) is 5.69 Å². The highest BCUT2D eigenvalue weighted by molar-refractivity contribution is 5.89. The van der Waals surface area contributed by atoms with Crippen LogP contribution in [0.25, 0.3) is 0 Å². The smallest absolute Gasteiger partial charge is 0.411 e. The summed E-state index contributed by atoms with van der Waals surface area (Å²) in [5.41, 5.74) is 0.615. The average Bonchev–Trinajstić information content (AvgIpc) is 2.68. The van der Waals surface area contributed by atoms with E-state index in [1.54, 1.807) is 6.07 Å². The first-order valence-electron chi connectivity index (χ1n) is 8.31. The molecule has 0 radical (unpaired) electrons. The molecule has 3 rings (SSSR count). The van der Waals surface area contributed by atoms with Crippen molar-refractivity contribution in [1.82, 2.24) is 0 Å². The molecule has 0 saturated carbocycles. The van der Waals surface area contributed by atoms with Gasteiger partial charge in [0, 0.05) is 44.0 Å². The highest BCUT2D eigenvalue weighted by Gasteiger charge is 2.22. The zero-order valence-electron chi connectivity index (χ0n) is 14.7. The van der Waals surface area contributed by atoms with E-state index in [1.165, 1.54) is 25.2 Å². The van der Waals surface area contributed by atoms with Crippen molar-refractivity contribution >= 4 is 23.2 Å². The number of carbonyl (C=O) groups is 1. The van der Waals surface area contributed by atoms with Crippen LogP contribution in [0.15, 0.2) is 42.5 Å². The Balaban J connectivity index is 1.86. The molecule has 0 atom stereocenters. The molecule has 1 aliphatic rings. The molecule has 1 saturated heterocycles. The molecule has 9 nitrogen and oxygen atoms in total. The van der Waals surface area contributed by atoms with Gasteiger partial charge in [0.2, 0.25) is 0 Å². The fourth-order valence-electron chi connectivity index (χ4n) is 2.79. The number of benzene rings is 2. The predicted molar refractivity (Wildman–Crippen MR) is 99.1 cm³/mol. The maximum Gasteiger partial charge on any atom is 0.411 e. The average molecular weight is 373 g/mol. The first-order valence-corrected chi connectivity index (χ1v) is 8.31. The number of nitro benzene ring substituents is 1. The molecule has 1 heterocycles. The molecule has 2 aromatic rings. The molecule has 1 fully saturated rings. The highest BCUT2D eigenvalue weighted by Crippen LogP contribution is 2.34. The molecule has 0 unspecified atom stereocenters. The lowest BCUT2D eigenvalue weighted by atomic mass is 10.2. The van der Waals surface area contributed by atoms with Gasteiger partial charge in [-0.2, -0.15) is 0 Å². The minimum absolute atomic E-state index is 0.0608. The van der Waals surface area contributed by atoms with Crippen LogP contribution in [0, 0.1) is 10.1 Å². The van der Waals surface area contributed by atoms with E-state index >= 15 is 0 Å². The molecule has 0 spiro atoms. The monoisotopic (exact) mass is 373 g/mol. The standard InChI is InChI=1S/C18H19N3O6/c1-19(18(22)23)17-12-15(5-6-16(17)21(24)25)27-14-4-2-3-13(11-14)20-7-9-26-10-8-20/h2-6,11-12H,7-10H2,1H3,(H,22,23). The quantitative estimate of drug-likeness (QED) is 0.633. The second-order valence-electron chi connectivity index (χ2n) is 5.95. The molecule has 27 heavy (non-hydrogen) atoms. The molecule has 0 aliphatic carbocycles. The number of carboxylic acid groups (broad SMARTS) is 1. The van der Waals surface area contributed by atoms with Crippen molar-refractivity contribution in [2.45, 2.75) is 0 Å². The summed E-state index contributed by atoms with van der Waals surface area (Å²) in [5.74, 6) is 0.861. The Morgan fingerprint density at radius 1 is 1.22 bits per heavy atom. The third kappa shape index (κ3) is 4.26. The highest BCUT2D eigenvalue weighted by atomic mass is 16.6. The maximum atomic E-state index is 11.2. The van der Waals surface area contributed by atoms with E-state index in [9.17, 15) is 14.9 Å². The lowest BCUT2D eigenvalue weighted by Crippen LogP contribution is -2.36. The van der Waals surface area contributed by atoms with Crippen molar-refractivity contribution in [3.8, 4) is 11.5 Å². The summed E-state index contributed by atoms with van der Waals surface area (Å²) in [6.07, 6.45) is -1.30. The molecule has 2 aromatic carbocycles. The van der Waals surface area contributed by atoms with Crippen LogP contribution < -0.4 is 14.5 Å². The largest absolute Gasteiger partial charge is 0.465 e. The summed E-state index contributed by atoms with van der Waals surface area (Å²) < 4.78 is 11.2. The van der Waals surface area contributed by atoms with Gasteiger partial charge < -0.3 is 19.5 Å². The Kier molecular flexibility index (Phi) is 5.41. The summed E-state index contributed by atoms with van der Waals surface area (Å²) in [6.45, 7) is 2.90. The van der Waals surface area contributed by atoms with Crippen molar-refractivity contribution in [2.24, 2.45) is 0 Å². The summed E-state index contributed by atoms with van der Waals surface area (Å²) in [7, 11) is 1.24. The van der Waals surface area contributed by atoms with Crippen LogP contribution in [0.3, 0.4) is 0 Å². The summed E-state index contributed by atoms with van der Waals surface area (Å²) >= 11 is 0. The van der Waals surface area contributed by atoms with Crippen LogP contribution in [0.4, 0.5) is 21.9 Å². The third-order valence-corrected chi connectivity index (χ3v) is 4.22. The Morgan fingerprint density at radius 2 is 1.93 bits per heavy atom. The first kappa shape index (κ1) is 18.5. The second-order valence-corrected chi connectivity index (χ2v) is 5.95. The molecule has 1 N–H and O–H groups in total. The number of anilines is 2. The van der Waals surface area contributed by atoms with Gasteiger partial charge in [0.15, 0.2) is 0 Å². The summed E-state index contributed by atoms with van der Waals surface area (Å²) in [5, 5.41) is 20.3. The molecular formula is C18H19N3O6. The zero-order valence-corrected chi connectivity index (χ0v) is 14.7. The number of morpholine rings is 1. The maximum absolute atomic E-state index is 11.2. The first-order chi connectivity index (χ1) is 13.0. The Hall–Kier alpha value is -3.33. The molecule has 1 aliphatic heterocycles. The minimum atomic E-state index is -1.30. The number of nitro groups is 1. The van der Waals surface area contributed by atoms with Crippen LogP contribution in [0.1, 0.15) is 0 Å². The Labute approximate surface area is 155 Å². The summed E-state index contributed by atoms with van der Waals surface area (Å²) in [4.78, 5) is 24.7. The molecule has 142 valence electrons. The number of hydrogen-bond donors (Lipinski definition) is 1. The van der Waals surface area contributed by atoms with Crippen molar-refractivity contribution in [3.05, 3.63) is 52.6 Å². The van der Waals surface area contributed by atoms with E-state index < -0.39 is 11.0 Å². The fourth-order valence-corrected chi connectivity index (χ4v) is 2.79. The number of ether oxygens (including phenoxy) is 2. The normalized spacial score (nSPS) is 13.9. The number of amides is 1. The van der Waals surface area contributed by atoms with Crippen molar-refractivity contribution in [2.75, 3.05) is 43.2 Å². The van der Waals surface area contributed by atoms with Gasteiger partial charge in [0.05, 0.1) is 18.1 Å². The lowest BCUT2D eigenvalue weighted by molar-refractivity contribution is -0.384. The zero-order chi connectivity index (χ0) is 19.4. The summed E-state index contributed by atoms with van der Waals surface area (Å²) in [6, 6.07) is 11.5. The van der Waals surface area contributed by atoms with Gasteiger partial charge in [-0.15, -0.1) is 0 Å². The van der Waals surface area contributed by atoms with Crippen LogP contribution in [0.5, 0.6) is 11.5 Å². The predicted octanol–water partition coefficient (Wildman–Crippen LogP) is 3.34. The van der Waals surface area contributed by atoms with Crippen LogP contribution in [0.2, 0.25) is 0 Å². The Morgan fingerprint density at radius 3 is 2.59 bits per heavy atom. The van der Waals surface area contributed by atoms with Crippen LogP contribution in [-0.4, -0.2) is 49.5 Å². The third-order valence-electron chi connectivity index (χ3n) is 4.22. The van der Waals surface area contributed by atoms with Crippen LogP contribution in [-0.2, 0) is 4.74 Å². The van der Waals surface area contributed by atoms with Gasteiger partial charge in [0.1, 0.15) is 17.2 Å². The van der Waals surface area contributed by atoms with E-state index in [4.69, 9.17) is 14.6 Å². The number of hydrogen-bond acceptors (Lipinski definition) is 6. The van der Waals surface area contributed by atoms with E-state index in [-0.39, 0.29) is 11.4 Å². The van der Waals surface area contributed by atoms with Gasteiger partial charge >= 0.3 is 6.09 Å². The van der Waals surface area contributed by atoms with E-state index in [0.29, 0.717) is 24.7 Å². The Bertz CT molecular complexity index is 851. The SMILES string of the molecule is CN(C(=O)O)c1cc(Oc2cccc(N3CCOCC3)c2)ccc1[N+](=O)[O-]. The van der Waals surface area contributed by atoms with Gasteiger partial charge in [-0.25, -0.2) is 4.79 Å². The fraction of sp³-hybridized carbons (Fsp3) is 0.278. The molecular weight excluding hydrogens is 354 g/mol. The van der Waals surface area contributed by atoms with E-state index in [1.807, 2.05) is 18.2 Å². The molecule has 9 heteroatoms. The van der Waals surface area contributed by atoms with Crippen molar-refractivity contribution < 1.29 is 24.3 Å². The van der Waals surface area contributed by atoms with Gasteiger partial charge in [-0.3, -0.25) is 15.0 Å². The molecule has 0 aromatic heterocycles. The topological polar surface area (TPSA) is 105 Å². The number of rotatable bonds is 5. The number of nitrogens with zero attached hydrogens (tertiary/aromatic N) is 3. The second kappa shape index (κ2) is 7.92. The van der Waals surface area contributed by atoms with Crippen molar-refractivity contribution in [3.63, 3.8) is 0 Å². The molecule has 1 amide bonds. The molecule has 0 bridgehead atoms. The van der Waals surface area contributed by atoms with Gasteiger partial charge in [-0.05, 0) is 18.2 Å².